The molecule has 2 nitrogen and oxygen atoms in total. The number of aliphatic hydroxyl groups is 1. The van der Waals surface area contributed by atoms with Gasteiger partial charge in [-0.25, -0.2) is 4.39 Å². The summed E-state index contributed by atoms with van der Waals surface area (Å²) in [6.45, 7) is 0.891. The Morgan fingerprint density at radius 3 is 2.35 bits per heavy atom. The zero-order valence-electron chi connectivity index (χ0n) is 10.1. The SMILES string of the molecule is OC(CF)(Cc1ccccc1)N1CCCCC1. The van der Waals surface area contributed by atoms with Crippen LogP contribution < -0.4 is 0 Å². The number of hydrogen-bond donors (Lipinski definition) is 1. The van der Waals surface area contributed by atoms with Gasteiger partial charge in [0.2, 0.25) is 0 Å². The molecule has 1 aromatic rings. The fourth-order valence-electron chi connectivity index (χ4n) is 2.48. The number of hydrogen-bond acceptors (Lipinski definition) is 2. The van der Waals surface area contributed by atoms with E-state index in [9.17, 15) is 9.50 Å². The van der Waals surface area contributed by atoms with Crippen molar-refractivity contribution in [2.75, 3.05) is 19.8 Å². The Kier molecular flexibility index (Phi) is 4.13. The third kappa shape index (κ3) is 3.05. The van der Waals surface area contributed by atoms with Crippen molar-refractivity contribution in [2.45, 2.75) is 31.4 Å². The highest BCUT2D eigenvalue weighted by atomic mass is 19.1. The van der Waals surface area contributed by atoms with E-state index in [2.05, 4.69) is 0 Å². The number of likely N-dealkylation sites (tertiary alicyclic amines) is 1. The van der Waals surface area contributed by atoms with Crippen LogP contribution in [0.3, 0.4) is 0 Å². The van der Waals surface area contributed by atoms with Gasteiger partial charge in [0, 0.05) is 19.5 Å². The Hall–Kier alpha value is -0.930. The summed E-state index contributed by atoms with van der Waals surface area (Å²) in [6.07, 6.45) is 3.66. The van der Waals surface area contributed by atoms with Crippen molar-refractivity contribution >= 4 is 0 Å². The number of rotatable bonds is 4. The summed E-state index contributed by atoms with van der Waals surface area (Å²) in [6, 6.07) is 9.64. The zero-order chi connectivity index (χ0) is 12.1. The maximum atomic E-state index is 13.2. The molecule has 0 aromatic heterocycles. The van der Waals surface area contributed by atoms with Gasteiger partial charge >= 0.3 is 0 Å². The van der Waals surface area contributed by atoms with E-state index >= 15 is 0 Å². The zero-order valence-corrected chi connectivity index (χ0v) is 10.1. The first-order valence-corrected chi connectivity index (χ1v) is 6.32. The maximum absolute atomic E-state index is 13.2. The van der Waals surface area contributed by atoms with Gasteiger partial charge < -0.3 is 5.11 Å². The Bertz CT molecular complexity index is 337. The van der Waals surface area contributed by atoms with E-state index < -0.39 is 12.4 Å². The van der Waals surface area contributed by atoms with E-state index in [1.165, 1.54) is 6.42 Å². The molecule has 1 atom stereocenters. The minimum absolute atomic E-state index is 0.365. The van der Waals surface area contributed by atoms with Crippen LogP contribution in [0.25, 0.3) is 0 Å². The molecule has 1 saturated heterocycles. The molecule has 3 heteroatoms. The fourth-order valence-corrected chi connectivity index (χ4v) is 2.48. The lowest BCUT2D eigenvalue weighted by atomic mass is 9.99. The molecular formula is C14H20FNO. The van der Waals surface area contributed by atoms with E-state index in [4.69, 9.17) is 0 Å². The van der Waals surface area contributed by atoms with Crippen LogP contribution in [0.15, 0.2) is 30.3 Å². The minimum atomic E-state index is -1.32. The first-order valence-electron chi connectivity index (χ1n) is 6.32. The summed E-state index contributed by atoms with van der Waals surface area (Å²) in [5.74, 6) is 0. The lowest BCUT2D eigenvalue weighted by molar-refractivity contribution is -0.128. The van der Waals surface area contributed by atoms with Crippen LogP contribution in [0.2, 0.25) is 0 Å². The average molecular weight is 237 g/mol. The van der Waals surface area contributed by atoms with Crippen molar-refractivity contribution in [1.29, 1.82) is 0 Å². The minimum Gasteiger partial charge on any atom is -0.372 e. The molecule has 2 rings (SSSR count). The molecule has 1 N–H and O–H groups in total. The molecule has 0 bridgehead atoms. The topological polar surface area (TPSA) is 23.5 Å². The third-order valence-electron chi connectivity index (χ3n) is 3.49. The van der Waals surface area contributed by atoms with Gasteiger partial charge in [0.1, 0.15) is 6.67 Å². The highest BCUT2D eigenvalue weighted by Crippen LogP contribution is 2.23. The molecule has 1 unspecified atom stereocenters. The van der Waals surface area contributed by atoms with Crippen molar-refractivity contribution in [1.82, 2.24) is 4.90 Å². The molecular weight excluding hydrogens is 217 g/mol. The lowest BCUT2D eigenvalue weighted by Crippen LogP contribution is -2.54. The largest absolute Gasteiger partial charge is 0.372 e. The molecule has 0 radical (unpaired) electrons. The molecule has 94 valence electrons. The van der Waals surface area contributed by atoms with Crippen LogP contribution in [0.4, 0.5) is 4.39 Å². The first kappa shape index (κ1) is 12.5. The van der Waals surface area contributed by atoms with Crippen molar-refractivity contribution < 1.29 is 9.50 Å². The molecule has 1 heterocycles. The number of piperidine rings is 1. The predicted molar refractivity (Wildman–Crippen MR) is 66.5 cm³/mol. The highest BCUT2D eigenvalue weighted by Gasteiger charge is 2.35. The smallest absolute Gasteiger partial charge is 0.151 e. The summed E-state index contributed by atoms with van der Waals surface area (Å²) >= 11 is 0. The average Bonchev–Trinajstić information content (AvgIpc) is 2.41. The number of halogens is 1. The van der Waals surface area contributed by atoms with E-state index in [1.54, 1.807) is 0 Å². The summed E-state index contributed by atoms with van der Waals surface area (Å²) < 4.78 is 13.2. The molecule has 1 aromatic carbocycles. The summed E-state index contributed by atoms with van der Waals surface area (Å²) in [5.41, 5.74) is -0.333. The summed E-state index contributed by atoms with van der Waals surface area (Å²) in [4.78, 5) is 1.89. The van der Waals surface area contributed by atoms with Gasteiger partial charge in [-0.05, 0) is 18.4 Å². The Labute approximate surface area is 102 Å². The molecule has 1 aliphatic rings. The highest BCUT2D eigenvalue weighted by molar-refractivity contribution is 5.17. The van der Waals surface area contributed by atoms with Crippen molar-refractivity contribution in [3.8, 4) is 0 Å². The van der Waals surface area contributed by atoms with Crippen LogP contribution in [0, 0.1) is 0 Å². The van der Waals surface area contributed by atoms with Crippen LogP contribution in [-0.2, 0) is 6.42 Å². The van der Waals surface area contributed by atoms with Crippen LogP contribution in [0.5, 0.6) is 0 Å². The van der Waals surface area contributed by atoms with Crippen LogP contribution in [0.1, 0.15) is 24.8 Å². The molecule has 17 heavy (non-hydrogen) atoms. The van der Waals surface area contributed by atoms with Crippen LogP contribution in [-0.4, -0.2) is 35.5 Å². The number of alkyl halides is 1. The second-order valence-corrected chi connectivity index (χ2v) is 4.83. The van der Waals surface area contributed by atoms with Gasteiger partial charge in [-0.15, -0.1) is 0 Å². The molecule has 1 aliphatic heterocycles. The molecule has 0 spiro atoms. The Morgan fingerprint density at radius 2 is 1.76 bits per heavy atom. The predicted octanol–water partition coefficient (Wildman–Crippen LogP) is 2.37. The van der Waals surface area contributed by atoms with Gasteiger partial charge in [-0.2, -0.15) is 0 Å². The number of nitrogens with zero attached hydrogens (tertiary/aromatic N) is 1. The molecule has 0 aliphatic carbocycles. The van der Waals surface area contributed by atoms with Gasteiger partial charge in [0.15, 0.2) is 5.72 Å². The van der Waals surface area contributed by atoms with Crippen molar-refractivity contribution in [3.63, 3.8) is 0 Å². The quantitative estimate of drug-likeness (QED) is 0.869. The Balaban J connectivity index is 2.07. The van der Waals surface area contributed by atoms with Crippen LogP contribution >= 0.6 is 0 Å². The monoisotopic (exact) mass is 237 g/mol. The second-order valence-electron chi connectivity index (χ2n) is 4.83. The number of benzene rings is 1. The van der Waals surface area contributed by atoms with Gasteiger partial charge in [-0.3, -0.25) is 4.90 Å². The van der Waals surface area contributed by atoms with Crippen molar-refractivity contribution in [3.05, 3.63) is 35.9 Å². The van der Waals surface area contributed by atoms with E-state index in [0.29, 0.717) is 6.42 Å². The van der Waals surface area contributed by atoms with Gasteiger partial charge in [0.05, 0.1) is 0 Å². The normalized spacial score (nSPS) is 21.1. The van der Waals surface area contributed by atoms with E-state index in [-0.39, 0.29) is 0 Å². The molecule has 1 fully saturated rings. The van der Waals surface area contributed by atoms with Gasteiger partial charge in [0.25, 0.3) is 0 Å². The first-order chi connectivity index (χ1) is 8.24. The molecule has 0 amide bonds. The lowest BCUT2D eigenvalue weighted by Gasteiger charge is -2.40. The van der Waals surface area contributed by atoms with Gasteiger partial charge in [-0.1, -0.05) is 36.8 Å². The van der Waals surface area contributed by atoms with E-state index in [1.807, 2.05) is 35.2 Å². The summed E-state index contributed by atoms with van der Waals surface area (Å²) in [5, 5.41) is 10.4. The standard InChI is InChI=1S/C14H20FNO/c15-12-14(17,16-9-5-2-6-10-16)11-13-7-3-1-4-8-13/h1,3-4,7-8,17H,2,5-6,9-12H2. The van der Waals surface area contributed by atoms with E-state index in [0.717, 1.165) is 31.5 Å². The fraction of sp³-hybridized carbons (Fsp3) is 0.571. The maximum Gasteiger partial charge on any atom is 0.151 e. The molecule has 0 saturated carbocycles. The Morgan fingerprint density at radius 1 is 1.12 bits per heavy atom. The second kappa shape index (κ2) is 5.61. The van der Waals surface area contributed by atoms with Crippen molar-refractivity contribution in [2.24, 2.45) is 0 Å². The third-order valence-corrected chi connectivity index (χ3v) is 3.49. The summed E-state index contributed by atoms with van der Waals surface area (Å²) in [7, 11) is 0.